The van der Waals surface area contributed by atoms with Crippen molar-refractivity contribution in [1.29, 1.82) is 0 Å². The van der Waals surface area contributed by atoms with Crippen LogP contribution in [0.4, 0.5) is 0 Å². The van der Waals surface area contributed by atoms with E-state index < -0.39 is 17.9 Å². The van der Waals surface area contributed by atoms with Crippen LogP contribution in [0, 0.1) is 0 Å². The van der Waals surface area contributed by atoms with E-state index in [1.54, 1.807) is 24.3 Å². The second-order valence-electron chi connectivity index (χ2n) is 4.86. The van der Waals surface area contributed by atoms with Crippen LogP contribution in [0.1, 0.15) is 25.3 Å². The minimum atomic E-state index is -1.06. The number of rotatable bonds is 5. The number of carboxylic acid groups (broad SMARTS) is 1. The van der Waals surface area contributed by atoms with E-state index in [-0.39, 0.29) is 4.32 Å². The molecule has 1 aromatic carbocycles. The molecule has 8 heteroatoms. The highest BCUT2D eigenvalue weighted by Gasteiger charge is 2.39. The highest BCUT2D eigenvalue weighted by Crippen LogP contribution is 2.36. The monoisotopic (exact) mass is 389 g/mol. The van der Waals surface area contributed by atoms with Gasteiger partial charge in [-0.15, -0.1) is 0 Å². The molecule has 0 spiro atoms. The first kappa shape index (κ1) is 18.3. The molecule has 1 aliphatic rings. The highest BCUT2D eigenvalue weighted by atomic mass is 35.5. The maximum atomic E-state index is 12.5. The molecule has 4 nitrogen and oxygen atoms in total. The van der Waals surface area contributed by atoms with Gasteiger partial charge in [0.25, 0.3) is 5.91 Å². The van der Waals surface area contributed by atoms with Gasteiger partial charge in [-0.2, -0.15) is 0 Å². The first-order valence-corrected chi connectivity index (χ1v) is 8.78. The number of aliphatic carboxylic acids is 1. The summed E-state index contributed by atoms with van der Waals surface area (Å²) in [6.45, 7) is 1.86. The zero-order chi connectivity index (χ0) is 17.1. The summed E-state index contributed by atoms with van der Waals surface area (Å²) in [6, 6.07) is 3.99. The van der Waals surface area contributed by atoms with E-state index in [2.05, 4.69) is 0 Å². The van der Waals surface area contributed by atoms with Gasteiger partial charge in [0.2, 0.25) is 0 Å². The van der Waals surface area contributed by atoms with Crippen LogP contribution in [0.15, 0.2) is 23.1 Å². The molecular formula is C15H13Cl2NO3S2. The van der Waals surface area contributed by atoms with Gasteiger partial charge in [-0.25, -0.2) is 4.79 Å². The van der Waals surface area contributed by atoms with E-state index in [4.69, 9.17) is 35.4 Å². The molecule has 0 saturated carbocycles. The van der Waals surface area contributed by atoms with Crippen LogP contribution in [0.5, 0.6) is 0 Å². The fourth-order valence-corrected chi connectivity index (χ4v) is 3.96. The van der Waals surface area contributed by atoms with Crippen molar-refractivity contribution in [3.63, 3.8) is 0 Å². The molecule has 1 heterocycles. The zero-order valence-corrected chi connectivity index (χ0v) is 15.2. The third kappa shape index (κ3) is 4.07. The average molecular weight is 390 g/mol. The summed E-state index contributed by atoms with van der Waals surface area (Å²) in [7, 11) is 0. The molecule has 1 aromatic rings. The molecule has 1 aliphatic heterocycles. The molecule has 0 aromatic heterocycles. The van der Waals surface area contributed by atoms with Crippen molar-refractivity contribution in [3.8, 4) is 0 Å². The highest BCUT2D eigenvalue weighted by molar-refractivity contribution is 8.26. The third-order valence-electron chi connectivity index (χ3n) is 3.23. The van der Waals surface area contributed by atoms with Crippen LogP contribution in [0.25, 0.3) is 6.08 Å². The summed E-state index contributed by atoms with van der Waals surface area (Å²) < 4.78 is 0.243. The molecule has 1 atom stereocenters. The Labute approximate surface area is 153 Å². The predicted molar refractivity (Wildman–Crippen MR) is 97.8 cm³/mol. The molecule has 0 unspecified atom stereocenters. The quantitative estimate of drug-likeness (QED) is 0.595. The number of thiocarbonyl (C=S) groups is 1. The van der Waals surface area contributed by atoms with Crippen LogP contribution < -0.4 is 0 Å². The predicted octanol–water partition coefficient (Wildman–Crippen LogP) is 4.45. The first-order chi connectivity index (χ1) is 10.8. The van der Waals surface area contributed by atoms with E-state index in [1.165, 1.54) is 4.90 Å². The molecule has 0 bridgehead atoms. The number of hydrogen-bond acceptors (Lipinski definition) is 4. The second-order valence-corrected chi connectivity index (χ2v) is 7.38. The van der Waals surface area contributed by atoms with E-state index in [0.717, 1.165) is 11.8 Å². The Morgan fingerprint density at radius 3 is 2.74 bits per heavy atom. The van der Waals surface area contributed by atoms with Crippen LogP contribution in [-0.4, -0.2) is 32.2 Å². The van der Waals surface area contributed by atoms with Gasteiger partial charge >= 0.3 is 5.97 Å². The van der Waals surface area contributed by atoms with Crippen molar-refractivity contribution in [2.24, 2.45) is 0 Å². The van der Waals surface area contributed by atoms with E-state index >= 15 is 0 Å². The number of carbonyl (C=O) groups is 2. The fourth-order valence-electron chi connectivity index (χ4n) is 2.14. The van der Waals surface area contributed by atoms with E-state index in [1.807, 2.05) is 6.92 Å². The topological polar surface area (TPSA) is 57.6 Å². The molecule has 0 aliphatic carbocycles. The SMILES string of the molecule is CCC[C@@H](C(=O)O)N1C(=O)/C(=C/c2ccc(Cl)cc2Cl)SC1=S. The van der Waals surface area contributed by atoms with Gasteiger partial charge in [-0.05, 0) is 30.2 Å². The molecule has 2 rings (SSSR count). The number of carboxylic acids is 1. The Bertz CT molecular complexity index is 706. The largest absolute Gasteiger partial charge is 0.480 e. The number of amides is 1. The Morgan fingerprint density at radius 1 is 1.48 bits per heavy atom. The van der Waals surface area contributed by atoms with Gasteiger partial charge in [-0.3, -0.25) is 9.69 Å². The Balaban J connectivity index is 2.33. The van der Waals surface area contributed by atoms with Gasteiger partial charge in [0.1, 0.15) is 10.4 Å². The summed E-state index contributed by atoms with van der Waals surface area (Å²) in [5.74, 6) is -1.47. The average Bonchev–Trinajstić information content (AvgIpc) is 2.74. The van der Waals surface area contributed by atoms with Gasteiger partial charge in [0.05, 0.1) is 4.91 Å². The van der Waals surface area contributed by atoms with Gasteiger partial charge in [0.15, 0.2) is 0 Å². The minimum Gasteiger partial charge on any atom is -0.480 e. The first-order valence-electron chi connectivity index (χ1n) is 6.80. The molecule has 1 N–H and O–H groups in total. The molecule has 1 saturated heterocycles. The summed E-state index contributed by atoms with van der Waals surface area (Å²) >= 11 is 18.2. The lowest BCUT2D eigenvalue weighted by Gasteiger charge is -2.22. The summed E-state index contributed by atoms with van der Waals surface area (Å²) in [5, 5.41) is 10.2. The molecule has 122 valence electrons. The summed E-state index contributed by atoms with van der Waals surface area (Å²) in [4.78, 5) is 25.5. The summed E-state index contributed by atoms with van der Waals surface area (Å²) in [5.41, 5.74) is 0.624. The zero-order valence-electron chi connectivity index (χ0n) is 12.1. The number of carbonyl (C=O) groups excluding carboxylic acids is 1. The van der Waals surface area contributed by atoms with E-state index in [9.17, 15) is 14.7 Å². The number of thioether (sulfide) groups is 1. The standard InChI is InChI=1S/C15H13Cl2NO3S2/c1-2-3-11(14(20)21)18-13(19)12(23-15(18)22)6-8-4-5-9(16)7-10(8)17/h4-7,11H,2-3H2,1H3,(H,20,21)/b12-6-/t11-/m0/s1. The van der Waals surface area contributed by atoms with Crippen molar-refractivity contribution in [2.75, 3.05) is 0 Å². The van der Waals surface area contributed by atoms with Gasteiger partial charge in [0, 0.05) is 10.0 Å². The van der Waals surface area contributed by atoms with Crippen LogP contribution in [-0.2, 0) is 9.59 Å². The third-order valence-corrected chi connectivity index (χ3v) is 5.12. The lowest BCUT2D eigenvalue weighted by atomic mass is 10.1. The molecular weight excluding hydrogens is 377 g/mol. The van der Waals surface area contributed by atoms with Crippen LogP contribution >= 0.6 is 47.2 Å². The Hall–Kier alpha value is -1.08. The molecule has 1 amide bonds. The normalized spacial score (nSPS) is 17.9. The van der Waals surface area contributed by atoms with E-state index in [0.29, 0.717) is 33.4 Å². The second kappa shape index (κ2) is 7.66. The van der Waals surface area contributed by atoms with Crippen LogP contribution in [0.2, 0.25) is 10.0 Å². The van der Waals surface area contributed by atoms with Crippen LogP contribution in [0.3, 0.4) is 0 Å². The van der Waals surface area contributed by atoms with Gasteiger partial charge < -0.3 is 5.11 Å². The lowest BCUT2D eigenvalue weighted by Crippen LogP contribution is -2.43. The van der Waals surface area contributed by atoms with Crippen molar-refractivity contribution < 1.29 is 14.7 Å². The number of nitrogens with zero attached hydrogens (tertiary/aromatic N) is 1. The number of benzene rings is 1. The van der Waals surface area contributed by atoms with Crippen molar-refractivity contribution >= 4 is 69.5 Å². The lowest BCUT2D eigenvalue weighted by molar-refractivity contribution is -0.145. The number of hydrogen-bond donors (Lipinski definition) is 1. The number of halogens is 2. The maximum Gasteiger partial charge on any atom is 0.326 e. The Morgan fingerprint density at radius 2 is 2.17 bits per heavy atom. The molecule has 23 heavy (non-hydrogen) atoms. The van der Waals surface area contributed by atoms with Crippen molar-refractivity contribution in [2.45, 2.75) is 25.8 Å². The maximum absolute atomic E-state index is 12.5. The Kier molecular flexibility index (Phi) is 6.08. The molecule has 0 radical (unpaired) electrons. The molecule has 1 fully saturated rings. The minimum absolute atomic E-state index is 0.243. The smallest absolute Gasteiger partial charge is 0.326 e. The van der Waals surface area contributed by atoms with Gasteiger partial charge in [-0.1, -0.05) is 66.6 Å². The summed E-state index contributed by atoms with van der Waals surface area (Å²) in [6.07, 6.45) is 2.58. The fraction of sp³-hybridized carbons (Fsp3) is 0.267. The van der Waals surface area contributed by atoms with Crippen molar-refractivity contribution in [3.05, 3.63) is 38.7 Å². The van der Waals surface area contributed by atoms with Crippen molar-refractivity contribution in [1.82, 2.24) is 4.90 Å².